The molecule has 1 saturated heterocycles. The molecule has 2 aliphatic rings. The average molecular weight is 325 g/mol. The number of nitrogens with zero attached hydrogens (tertiary/aromatic N) is 1. The first-order chi connectivity index (χ1) is 10.1. The summed E-state index contributed by atoms with van der Waals surface area (Å²) in [4.78, 5) is 17.4. The molecule has 3 nitrogen and oxygen atoms in total. The molecule has 2 heterocycles. The van der Waals surface area contributed by atoms with Gasteiger partial charge in [0, 0.05) is 21.0 Å². The van der Waals surface area contributed by atoms with Crippen LogP contribution < -0.4 is 5.32 Å². The van der Waals surface area contributed by atoms with Crippen LogP contribution in [0.25, 0.3) is 0 Å². The number of thiophene rings is 1. The highest BCUT2D eigenvalue weighted by Crippen LogP contribution is 2.45. The topological polar surface area (TPSA) is 32.3 Å². The van der Waals surface area contributed by atoms with Crippen LogP contribution in [-0.4, -0.2) is 34.4 Å². The number of amides is 1. The largest absolute Gasteiger partial charge is 0.319 e. The maximum absolute atomic E-state index is 12.7. The Morgan fingerprint density at radius 2 is 2.24 bits per heavy atom. The van der Waals surface area contributed by atoms with Gasteiger partial charge in [0.05, 0.1) is 6.04 Å². The van der Waals surface area contributed by atoms with Crippen molar-refractivity contribution in [3.8, 4) is 0 Å². The Bertz CT molecular complexity index is 519. The van der Waals surface area contributed by atoms with Crippen molar-refractivity contribution in [1.82, 2.24) is 10.2 Å². The molecule has 1 aromatic heterocycles. The highest BCUT2D eigenvalue weighted by atomic mass is 32.2. The van der Waals surface area contributed by atoms with Crippen molar-refractivity contribution in [3.63, 3.8) is 0 Å². The number of thioether (sulfide) groups is 1. The Hall–Kier alpha value is -0.520. The molecule has 1 aromatic rings. The molecule has 0 bridgehead atoms. The molecule has 1 N–H and O–H groups in total. The normalized spacial score (nSPS) is 28.0. The van der Waals surface area contributed by atoms with Gasteiger partial charge in [-0.25, -0.2) is 0 Å². The van der Waals surface area contributed by atoms with E-state index in [0.717, 1.165) is 13.0 Å². The summed E-state index contributed by atoms with van der Waals surface area (Å²) in [5, 5.41) is 3.54. The lowest BCUT2D eigenvalue weighted by atomic mass is 9.83. The van der Waals surface area contributed by atoms with E-state index in [2.05, 4.69) is 42.5 Å². The Morgan fingerprint density at radius 1 is 1.48 bits per heavy atom. The first-order valence-electron chi connectivity index (χ1n) is 7.76. The second-order valence-corrected chi connectivity index (χ2v) is 8.78. The molecular formula is C16H24N2OS2. The molecule has 2 atom stereocenters. The van der Waals surface area contributed by atoms with E-state index >= 15 is 0 Å². The molecule has 21 heavy (non-hydrogen) atoms. The lowest BCUT2D eigenvalue weighted by Crippen LogP contribution is -2.47. The minimum absolute atomic E-state index is 0.0172. The van der Waals surface area contributed by atoms with E-state index < -0.39 is 0 Å². The average Bonchev–Trinajstić information content (AvgIpc) is 2.98. The van der Waals surface area contributed by atoms with Crippen molar-refractivity contribution in [2.75, 3.05) is 12.8 Å². The molecule has 3 rings (SSSR count). The van der Waals surface area contributed by atoms with Crippen LogP contribution in [0, 0.1) is 6.92 Å². The van der Waals surface area contributed by atoms with Crippen molar-refractivity contribution in [2.45, 2.75) is 56.5 Å². The van der Waals surface area contributed by atoms with Gasteiger partial charge >= 0.3 is 0 Å². The van der Waals surface area contributed by atoms with E-state index in [1.54, 1.807) is 11.3 Å². The zero-order chi connectivity index (χ0) is 15.0. The molecule has 2 fully saturated rings. The fourth-order valence-electron chi connectivity index (χ4n) is 3.29. The first-order valence-corrected chi connectivity index (χ1v) is 9.81. The van der Waals surface area contributed by atoms with E-state index in [0.29, 0.717) is 4.75 Å². The molecule has 1 amide bonds. The van der Waals surface area contributed by atoms with E-state index in [-0.39, 0.29) is 18.1 Å². The van der Waals surface area contributed by atoms with Gasteiger partial charge in [-0.2, -0.15) is 11.8 Å². The van der Waals surface area contributed by atoms with Gasteiger partial charge in [0.25, 0.3) is 0 Å². The van der Waals surface area contributed by atoms with Crippen molar-refractivity contribution >= 4 is 29.0 Å². The summed E-state index contributed by atoms with van der Waals surface area (Å²) in [6.07, 6.45) is 6.91. The smallest absolute Gasteiger partial charge is 0.241 e. The Kier molecular flexibility index (Phi) is 4.35. The summed E-state index contributed by atoms with van der Waals surface area (Å²) in [5.74, 6) is 0.286. The molecule has 2 unspecified atom stereocenters. The minimum atomic E-state index is -0.0172. The van der Waals surface area contributed by atoms with Crippen LogP contribution in [0.5, 0.6) is 0 Å². The second-order valence-electron chi connectivity index (χ2n) is 6.19. The molecule has 1 aliphatic carbocycles. The minimum Gasteiger partial charge on any atom is -0.319 e. The third-order valence-corrected chi connectivity index (χ3v) is 7.30. The van der Waals surface area contributed by atoms with E-state index in [1.165, 1.54) is 29.0 Å². The van der Waals surface area contributed by atoms with Gasteiger partial charge in [-0.1, -0.05) is 13.3 Å². The van der Waals surface area contributed by atoms with Gasteiger partial charge in [0.2, 0.25) is 5.91 Å². The number of hydrogen-bond acceptors (Lipinski definition) is 4. The van der Waals surface area contributed by atoms with Crippen LogP contribution in [0.4, 0.5) is 0 Å². The van der Waals surface area contributed by atoms with Crippen molar-refractivity contribution in [1.29, 1.82) is 0 Å². The molecule has 1 saturated carbocycles. The third-order valence-electron chi connectivity index (χ3n) is 4.85. The molecule has 0 spiro atoms. The summed E-state index contributed by atoms with van der Waals surface area (Å²) in [7, 11) is 0. The van der Waals surface area contributed by atoms with Crippen LogP contribution in [0.2, 0.25) is 0 Å². The van der Waals surface area contributed by atoms with Crippen LogP contribution in [0.15, 0.2) is 12.1 Å². The quantitative estimate of drug-likeness (QED) is 0.899. The van der Waals surface area contributed by atoms with Gasteiger partial charge in [-0.3, -0.25) is 10.1 Å². The molecule has 1 aliphatic heterocycles. The zero-order valence-corrected chi connectivity index (χ0v) is 14.6. The zero-order valence-electron chi connectivity index (χ0n) is 13.0. The van der Waals surface area contributed by atoms with E-state index in [1.807, 2.05) is 11.8 Å². The standard InChI is InChI=1S/C16H24N2OS2/c1-4-12-15(19)18(10-16(20-3)8-5-9-16)14(17-12)13-7-6-11(2)21-13/h6-7,12,14,17H,4-5,8-10H2,1-3H3. The number of rotatable bonds is 5. The third kappa shape index (κ3) is 2.76. The first kappa shape index (κ1) is 15.4. The fourth-order valence-corrected chi connectivity index (χ4v) is 5.20. The number of hydrogen-bond donors (Lipinski definition) is 1. The highest BCUT2D eigenvalue weighted by Gasteiger charge is 2.45. The van der Waals surface area contributed by atoms with Gasteiger partial charge in [-0.15, -0.1) is 11.3 Å². The molecule has 0 radical (unpaired) electrons. The van der Waals surface area contributed by atoms with Gasteiger partial charge in [-0.05, 0) is 44.6 Å². The number of carbonyl (C=O) groups excluding carboxylic acids is 1. The molecular weight excluding hydrogens is 300 g/mol. The number of carbonyl (C=O) groups is 1. The van der Waals surface area contributed by atoms with Crippen molar-refractivity contribution < 1.29 is 4.79 Å². The fraction of sp³-hybridized carbons (Fsp3) is 0.688. The van der Waals surface area contributed by atoms with E-state index in [4.69, 9.17) is 0 Å². The molecule has 5 heteroatoms. The van der Waals surface area contributed by atoms with Crippen LogP contribution in [0.3, 0.4) is 0 Å². The summed E-state index contributed by atoms with van der Waals surface area (Å²) >= 11 is 3.74. The number of aryl methyl sites for hydroxylation is 1. The maximum Gasteiger partial charge on any atom is 0.241 e. The Labute approximate surface area is 135 Å². The summed E-state index contributed by atoms with van der Waals surface area (Å²) in [6.45, 7) is 5.10. The lowest BCUT2D eigenvalue weighted by Gasteiger charge is -2.44. The number of nitrogens with one attached hydrogen (secondary N) is 1. The monoisotopic (exact) mass is 324 g/mol. The predicted octanol–water partition coefficient (Wildman–Crippen LogP) is 3.55. The summed E-state index contributed by atoms with van der Waals surface area (Å²) < 4.78 is 0.296. The predicted molar refractivity (Wildman–Crippen MR) is 90.8 cm³/mol. The Balaban J connectivity index is 1.84. The summed E-state index contributed by atoms with van der Waals surface area (Å²) in [5.41, 5.74) is 0. The van der Waals surface area contributed by atoms with Gasteiger partial charge in [0.1, 0.15) is 6.17 Å². The second kappa shape index (κ2) is 5.94. The van der Waals surface area contributed by atoms with Gasteiger partial charge < -0.3 is 4.90 Å². The summed E-state index contributed by atoms with van der Waals surface area (Å²) in [6, 6.07) is 4.30. The van der Waals surface area contributed by atoms with Crippen molar-refractivity contribution in [2.24, 2.45) is 0 Å². The SMILES string of the molecule is CCC1NC(c2ccc(C)s2)N(CC2(SC)CCC2)C1=O. The van der Waals surface area contributed by atoms with E-state index in [9.17, 15) is 4.79 Å². The molecule has 116 valence electrons. The van der Waals surface area contributed by atoms with Crippen LogP contribution in [-0.2, 0) is 4.79 Å². The van der Waals surface area contributed by atoms with Gasteiger partial charge in [0.15, 0.2) is 0 Å². The Morgan fingerprint density at radius 3 is 2.71 bits per heavy atom. The van der Waals surface area contributed by atoms with Crippen molar-refractivity contribution in [3.05, 3.63) is 21.9 Å². The highest BCUT2D eigenvalue weighted by molar-refractivity contribution is 8.00. The molecule has 0 aromatic carbocycles. The van der Waals surface area contributed by atoms with Crippen LogP contribution in [0.1, 0.15) is 48.5 Å². The van der Waals surface area contributed by atoms with Crippen LogP contribution >= 0.6 is 23.1 Å². The maximum atomic E-state index is 12.7. The lowest BCUT2D eigenvalue weighted by molar-refractivity contribution is -0.130.